The highest BCUT2D eigenvalue weighted by Crippen LogP contribution is 2.53. The number of hydrogen-bond acceptors (Lipinski definition) is 7. The third-order valence-electron chi connectivity index (χ3n) is 8.04. The summed E-state index contributed by atoms with van der Waals surface area (Å²) in [5.41, 5.74) is -0.594. The van der Waals surface area contributed by atoms with Gasteiger partial charge in [-0.2, -0.15) is 0 Å². The Morgan fingerprint density at radius 3 is 2.63 bits per heavy atom. The minimum atomic E-state index is -1.28. The minimum Gasteiger partial charge on any atom is -0.497 e. The summed E-state index contributed by atoms with van der Waals surface area (Å²) in [5, 5.41) is 9.22. The van der Waals surface area contributed by atoms with Crippen molar-refractivity contribution in [2.24, 2.45) is 11.8 Å². The van der Waals surface area contributed by atoms with Gasteiger partial charge in [0.1, 0.15) is 23.3 Å². The molecule has 1 unspecified atom stereocenters. The van der Waals surface area contributed by atoms with Gasteiger partial charge in [0.25, 0.3) is 5.91 Å². The number of amides is 2. The molecule has 0 bridgehead atoms. The van der Waals surface area contributed by atoms with Crippen molar-refractivity contribution in [2.45, 2.75) is 56.3 Å². The summed E-state index contributed by atoms with van der Waals surface area (Å²) in [7, 11) is 1.59. The van der Waals surface area contributed by atoms with Crippen LogP contribution in [0, 0.1) is 11.8 Å². The van der Waals surface area contributed by atoms with Crippen LogP contribution in [-0.4, -0.2) is 79.0 Å². The Hall–Kier alpha value is -3.17. The molecule has 1 spiro atoms. The quantitative estimate of drug-likeness (QED) is 0.332. The van der Waals surface area contributed by atoms with Crippen molar-refractivity contribution >= 4 is 23.5 Å². The van der Waals surface area contributed by atoms with E-state index in [0.717, 1.165) is 19.3 Å². The van der Waals surface area contributed by atoms with E-state index < -0.39 is 35.6 Å². The van der Waals surface area contributed by atoms with Crippen LogP contribution in [0.5, 0.6) is 5.75 Å². The van der Waals surface area contributed by atoms with Gasteiger partial charge in [-0.15, -0.1) is 0 Å². The number of unbranched alkanes of at least 4 members (excludes halogenated alkanes) is 2. The maximum Gasteiger partial charge on any atom is 0.312 e. The average molecular weight is 525 g/mol. The number of likely N-dealkylation sites (tertiary alicyclic amines) is 1. The molecular formula is C29H36N2O7. The number of benzene rings is 1. The van der Waals surface area contributed by atoms with E-state index in [4.69, 9.17) is 14.2 Å². The van der Waals surface area contributed by atoms with Crippen molar-refractivity contribution in [3.63, 3.8) is 0 Å². The van der Waals surface area contributed by atoms with Crippen LogP contribution in [0.3, 0.4) is 0 Å². The largest absolute Gasteiger partial charge is 0.497 e. The molecule has 0 aromatic heterocycles. The highest BCUT2D eigenvalue weighted by Gasteiger charge is 2.71. The second kappa shape index (κ2) is 11.3. The maximum absolute atomic E-state index is 14.3. The molecule has 5 rings (SSSR count). The number of nitrogens with zero attached hydrogens (tertiary/aromatic N) is 2. The number of hydrogen-bond donors (Lipinski definition) is 1. The number of aliphatic hydroxyl groups excluding tert-OH is 1. The summed E-state index contributed by atoms with van der Waals surface area (Å²) in [5.74, 6) is -1.97. The number of rotatable bonds is 7. The van der Waals surface area contributed by atoms with Crippen LogP contribution in [-0.2, 0) is 23.9 Å². The van der Waals surface area contributed by atoms with Crippen LogP contribution in [0.2, 0.25) is 0 Å². The Bertz CT molecular complexity index is 1100. The van der Waals surface area contributed by atoms with Gasteiger partial charge in [0.05, 0.1) is 25.7 Å². The molecule has 9 heteroatoms. The Labute approximate surface area is 223 Å². The van der Waals surface area contributed by atoms with Crippen molar-refractivity contribution < 1.29 is 33.7 Å². The van der Waals surface area contributed by atoms with E-state index >= 15 is 0 Å². The first-order chi connectivity index (χ1) is 18.5. The number of carbonyl (C=O) groups excluding carboxylic acids is 3. The Morgan fingerprint density at radius 2 is 1.87 bits per heavy atom. The normalized spacial score (nSPS) is 31.8. The molecule has 0 radical (unpaired) electrons. The van der Waals surface area contributed by atoms with Gasteiger partial charge in [-0.05, 0) is 62.8 Å². The summed E-state index contributed by atoms with van der Waals surface area (Å²) in [4.78, 5) is 45.0. The number of cyclic esters (lactones) is 1. The van der Waals surface area contributed by atoms with Gasteiger partial charge in [-0.3, -0.25) is 14.4 Å². The lowest BCUT2D eigenvalue weighted by Crippen LogP contribution is -2.55. The molecule has 2 amide bonds. The van der Waals surface area contributed by atoms with Crippen LogP contribution < -0.4 is 9.64 Å². The van der Waals surface area contributed by atoms with Crippen molar-refractivity contribution in [3.05, 3.63) is 48.6 Å². The van der Waals surface area contributed by atoms with Crippen LogP contribution in [0.15, 0.2) is 48.6 Å². The number of esters is 1. The molecule has 9 nitrogen and oxygen atoms in total. The van der Waals surface area contributed by atoms with E-state index in [1.54, 1.807) is 29.0 Å². The molecule has 204 valence electrons. The van der Waals surface area contributed by atoms with Crippen molar-refractivity contribution in [2.75, 3.05) is 38.3 Å². The molecule has 0 aliphatic carbocycles. The lowest BCUT2D eigenvalue weighted by atomic mass is 9.78. The molecule has 1 aromatic rings. The van der Waals surface area contributed by atoms with Gasteiger partial charge >= 0.3 is 5.97 Å². The average Bonchev–Trinajstić information content (AvgIpc) is 3.31. The lowest BCUT2D eigenvalue weighted by molar-refractivity contribution is -0.154. The van der Waals surface area contributed by atoms with E-state index in [9.17, 15) is 19.5 Å². The minimum absolute atomic E-state index is 0.0713. The third-order valence-corrected chi connectivity index (χ3v) is 8.04. The van der Waals surface area contributed by atoms with E-state index in [1.807, 2.05) is 36.4 Å². The number of allylic oxidation sites excluding steroid dienone is 1. The van der Waals surface area contributed by atoms with Gasteiger partial charge in [0.2, 0.25) is 5.91 Å². The van der Waals surface area contributed by atoms with Crippen LogP contribution in [0.1, 0.15) is 38.5 Å². The molecule has 2 saturated heterocycles. The number of carbonyl (C=O) groups is 3. The number of methoxy groups -OCH3 is 1. The fraction of sp³-hybridized carbons (Fsp3) is 0.552. The number of fused-ring (bicyclic) bond motifs is 2. The first-order valence-electron chi connectivity index (χ1n) is 13.6. The molecule has 38 heavy (non-hydrogen) atoms. The summed E-state index contributed by atoms with van der Waals surface area (Å²) < 4.78 is 17.5. The lowest BCUT2D eigenvalue weighted by Gasteiger charge is -2.35. The topological polar surface area (TPSA) is 106 Å². The van der Waals surface area contributed by atoms with E-state index in [1.165, 1.54) is 0 Å². The highest BCUT2D eigenvalue weighted by atomic mass is 16.6. The third kappa shape index (κ3) is 4.62. The second-order valence-electron chi connectivity index (χ2n) is 10.3. The number of aliphatic hydroxyl groups is 1. The molecular weight excluding hydrogens is 488 g/mol. The molecule has 5 atom stereocenters. The summed E-state index contributed by atoms with van der Waals surface area (Å²) in [6, 6.07) is 6.30. The molecule has 2 fully saturated rings. The number of ether oxygens (including phenoxy) is 3. The molecule has 1 aromatic carbocycles. The molecule has 4 aliphatic rings. The van der Waals surface area contributed by atoms with Gasteiger partial charge in [-0.25, -0.2) is 0 Å². The SMILES string of the molecule is COc1ccc(N2CC=C[C@]34O[C@@H]5/C=C\CCCCOC(=O)[C@@H]5[C@H]3C(=O)N(CCCCCO)C4C2=O)cc1. The van der Waals surface area contributed by atoms with Gasteiger partial charge in [-0.1, -0.05) is 24.3 Å². The smallest absolute Gasteiger partial charge is 0.312 e. The Balaban J connectivity index is 1.54. The van der Waals surface area contributed by atoms with Crippen molar-refractivity contribution in [3.8, 4) is 5.75 Å². The van der Waals surface area contributed by atoms with E-state index in [2.05, 4.69) is 0 Å². The first-order valence-corrected chi connectivity index (χ1v) is 13.6. The van der Waals surface area contributed by atoms with Gasteiger partial charge < -0.3 is 29.1 Å². The van der Waals surface area contributed by atoms with Crippen molar-refractivity contribution in [1.82, 2.24) is 4.90 Å². The van der Waals surface area contributed by atoms with E-state index in [0.29, 0.717) is 50.4 Å². The van der Waals surface area contributed by atoms with Crippen LogP contribution in [0.4, 0.5) is 5.69 Å². The molecule has 1 N–H and O–H groups in total. The fourth-order valence-electron chi connectivity index (χ4n) is 6.22. The summed E-state index contributed by atoms with van der Waals surface area (Å²) in [6.45, 7) is 1.02. The zero-order valence-electron chi connectivity index (χ0n) is 21.8. The number of anilines is 1. The molecule has 4 heterocycles. The predicted molar refractivity (Wildman–Crippen MR) is 139 cm³/mol. The fourth-order valence-corrected chi connectivity index (χ4v) is 6.22. The molecule has 0 saturated carbocycles. The van der Waals surface area contributed by atoms with Crippen LogP contribution >= 0.6 is 0 Å². The zero-order chi connectivity index (χ0) is 26.7. The Kier molecular flexibility index (Phi) is 7.85. The summed E-state index contributed by atoms with van der Waals surface area (Å²) in [6.07, 6.45) is 11.4. The second-order valence-corrected chi connectivity index (χ2v) is 10.3. The summed E-state index contributed by atoms with van der Waals surface area (Å²) >= 11 is 0. The predicted octanol–water partition coefficient (Wildman–Crippen LogP) is 2.62. The molecule has 4 aliphatic heterocycles. The highest BCUT2D eigenvalue weighted by molar-refractivity contribution is 6.05. The first kappa shape index (κ1) is 26.4. The van der Waals surface area contributed by atoms with Crippen LogP contribution in [0.25, 0.3) is 0 Å². The van der Waals surface area contributed by atoms with Gasteiger partial charge in [0, 0.05) is 25.4 Å². The van der Waals surface area contributed by atoms with Crippen molar-refractivity contribution in [1.29, 1.82) is 0 Å². The monoisotopic (exact) mass is 524 g/mol. The Morgan fingerprint density at radius 1 is 1.05 bits per heavy atom. The zero-order valence-corrected chi connectivity index (χ0v) is 21.8. The van der Waals surface area contributed by atoms with Gasteiger partial charge in [0.15, 0.2) is 0 Å². The van der Waals surface area contributed by atoms with E-state index in [-0.39, 0.29) is 18.4 Å². The maximum atomic E-state index is 14.3. The standard InChI is InChI=1S/C29H36N2O7/c1-36-21-13-11-20(12-14-21)30-17-9-15-29-24(23-22(38-29)10-5-2-3-8-19-37-28(23)35)26(33)31(25(29)27(30)34)16-6-4-7-18-32/h5,9-15,22-25,32H,2-4,6-8,16-19H2,1H3/b10-5-/t22-,23+,24+,25?,29+/m1/s1.